The first kappa shape index (κ1) is 28.4. The standard InChI is InChI=1S/C33H39FN8O2/c1-20-8-11-24(19-42(20)33(44)39(2)3)36-31-29-25(12-13-35-30(29)37-38-31)21-9-10-23(26(34)16-21)18-40-14-15-41-27-7-5-4-6-22(27)17-28(41)32(40)43/h9-10,12-13,16-17,20,24H,4-8,11,14-15,18-19H2,1-3H3,(H2,35,36,37,38)/t20-,24+/m0/s1. The normalized spacial score (nSPS) is 20.0. The van der Waals surface area contributed by atoms with Gasteiger partial charge in [-0.1, -0.05) is 12.1 Å². The van der Waals surface area contributed by atoms with Gasteiger partial charge in [-0.05, 0) is 80.3 Å². The van der Waals surface area contributed by atoms with Gasteiger partial charge >= 0.3 is 6.03 Å². The molecule has 2 aliphatic heterocycles. The van der Waals surface area contributed by atoms with E-state index in [-0.39, 0.29) is 36.4 Å². The number of urea groups is 1. The number of aromatic nitrogens is 4. The van der Waals surface area contributed by atoms with E-state index < -0.39 is 0 Å². The zero-order valence-corrected chi connectivity index (χ0v) is 25.6. The lowest BCUT2D eigenvalue weighted by Gasteiger charge is -2.39. The van der Waals surface area contributed by atoms with Crippen molar-refractivity contribution in [2.45, 2.75) is 70.6 Å². The average molecular weight is 599 g/mol. The zero-order chi connectivity index (χ0) is 30.5. The van der Waals surface area contributed by atoms with E-state index in [2.05, 4.69) is 38.1 Å². The molecule has 11 heteroatoms. The minimum atomic E-state index is -0.349. The summed E-state index contributed by atoms with van der Waals surface area (Å²) in [4.78, 5) is 35.9. The van der Waals surface area contributed by atoms with Crippen LogP contribution in [0.25, 0.3) is 22.2 Å². The molecule has 5 heterocycles. The Balaban J connectivity index is 1.11. The number of fused-ring (bicyclic) bond motifs is 4. The number of nitrogens with zero attached hydrogens (tertiary/aromatic N) is 6. The number of H-pyrrole nitrogens is 1. The van der Waals surface area contributed by atoms with E-state index in [1.165, 1.54) is 30.2 Å². The Morgan fingerprint density at radius 3 is 2.80 bits per heavy atom. The monoisotopic (exact) mass is 598 g/mol. The summed E-state index contributed by atoms with van der Waals surface area (Å²) < 4.78 is 17.9. The lowest BCUT2D eigenvalue weighted by atomic mass is 9.98. The summed E-state index contributed by atoms with van der Waals surface area (Å²) in [7, 11) is 3.54. The van der Waals surface area contributed by atoms with Crippen LogP contribution in [0, 0.1) is 5.82 Å². The van der Waals surface area contributed by atoms with Gasteiger partial charge in [-0.25, -0.2) is 14.2 Å². The molecule has 1 aliphatic carbocycles. The molecule has 230 valence electrons. The second kappa shape index (κ2) is 11.3. The summed E-state index contributed by atoms with van der Waals surface area (Å²) in [5, 5.41) is 11.8. The molecule has 3 aliphatic rings. The Labute approximate surface area is 256 Å². The molecular weight excluding hydrogens is 559 g/mol. The number of pyridine rings is 1. The Morgan fingerprint density at radius 2 is 1.98 bits per heavy atom. The molecule has 7 rings (SSSR count). The molecule has 0 bridgehead atoms. The van der Waals surface area contributed by atoms with Crippen molar-refractivity contribution in [2.24, 2.45) is 0 Å². The van der Waals surface area contributed by atoms with Gasteiger partial charge in [-0.3, -0.25) is 9.89 Å². The molecule has 4 aromatic rings. The van der Waals surface area contributed by atoms with Crippen molar-refractivity contribution in [1.82, 2.24) is 34.4 Å². The maximum atomic E-state index is 15.7. The van der Waals surface area contributed by atoms with E-state index >= 15 is 4.39 Å². The summed E-state index contributed by atoms with van der Waals surface area (Å²) in [5.74, 6) is 0.258. The Morgan fingerprint density at radius 1 is 1.14 bits per heavy atom. The van der Waals surface area contributed by atoms with Crippen molar-refractivity contribution in [1.29, 1.82) is 0 Å². The van der Waals surface area contributed by atoms with Crippen molar-refractivity contribution in [3.05, 3.63) is 64.9 Å². The zero-order valence-electron chi connectivity index (χ0n) is 25.6. The third-order valence-corrected chi connectivity index (χ3v) is 9.55. The highest BCUT2D eigenvalue weighted by Crippen LogP contribution is 2.34. The number of carbonyl (C=O) groups excluding carboxylic acids is 2. The van der Waals surface area contributed by atoms with Crippen molar-refractivity contribution in [2.75, 3.05) is 32.5 Å². The molecule has 3 aromatic heterocycles. The third-order valence-electron chi connectivity index (χ3n) is 9.55. The smallest absolute Gasteiger partial charge is 0.319 e. The lowest BCUT2D eigenvalue weighted by molar-refractivity contribution is 0.0687. The van der Waals surface area contributed by atoms with E-state index in [0.717, 1.165) is 48.9 Å². The van der Waals surface area contributed by atoms with Crippen molar-refractivity contribution in [3.63, 3.8) is 0 Å². The van der Waals surface area contributed by atoms with Gasteiger partial charge in [0.05, 0.1) is 5.39 Å². The number of aromatic amines is 1. The molecule has 1 fully saturated rings. The summed E-state index contributed by atoms with van der Waals surface area (Å²) in [6.07, 6.45) is 7.86. The summed E-state index contributed by atoms with van der Waals surface area (Å²) in [5.41, 5.74) is 5.95. The Kier molecular flexibility index (Phi) is 7.26. The predicted molar refractivity (Wildman–Crippen MR) is 167 cm³/mol. The molecule has 0 unspecified atom stereocenters. The first-order valence-corrected chi connectivity index (χ1v) is 15.7. The minimum Gasteiger partial charge on any atom is -0.364 e. The molecule has 2 atom stereocenters. The maximum Gasteiger partial charge on any atom is 0.319 e. The first-order chi connectivity index (χ1) is 21.3. The van der Waals surface area contributed by atoms with Gasteiger partial charge < -0.3 is 24.6 Å². The number of benzene rings is 1. The van der Waals surface area contributed by atoms with Crippen molar-refractivity contribution in [3.8, 4) is 11.1 Å². The van der Waals surface area contributed by atoms with Gasteiger partial charge in [0.15, 0.2) is 11.5 Å². The number of carbonyl (C=O) groups is 2. The fraction of sp³-hybridized carbons (Fsp3) is 0.455. The highest BCUT2D eigenvalue weighted by atomic mass is 19.1. The van der Waals surface area contributed by atoms with Gasteiger partial charge in [-0.2, -0.15) is 5.10 Å². The Hall–Kier alpha value is -4.41. The molecule has 0 radical (unpaired) electrons. The average Bonchev–Trinajstić information content (AvgIpc) is 3.62. The van der Waals surface area contributed by atoms with Crippen LogP contribution in [0.15, 0.2) is 36.5 Å². The number of hydrogen-bond donors (Lipinski definition) is 2. The van der Waals surface area contributed by atoms with E-state index in [0.29, 0.717) is 35.7 Å². The molecule has 0 saturated carbocycles. The summed E-state index contributed by atoms with van der Waals surface area (Å²) in [6.45, 7) is 4.19. The van der Waals surface area contributed by atoms with Crippen molar-refractivity contribution < 1.29 is 14.0 Å². The topological polar surface area (TPSA) is 102 Å². The largest absolute Gasteiger partial charge is 0.364 e. The number of halogens is 1. The van der Waals surface area contributed by atoms with E-state index in [1.807, 2.05) is 17.0 Å². The molecule has 3 amide bonds. The molecule has 1 aromatic carbocycles. The van der Waals surface area contributed by atoms with Crippen LogP contribution < -0.4 is 5.32 Å². The molecule has 10 nitrogen and oxygen atoms in total. The van der Waals surface area contributed by atoms with Gasteiger partial charge in [0.25, 0.3) is 5.91 Å². The number of likely N-dealkylation sites (tertiary alicyclic amines) is 1. The number of anilines is 1. The predicted octanol–water partition coefficient (Wildman–Crippen LogP) is 5.05. The summed E-state index contributed by atoms with van der Waals surface area (Å²) >= 11 is 0. The number of piperidine rings is 1. The van der Waals surface area contributed by atoms with Gasteiger partial charge in [-0.15, -0.1) is 0 Å². The van der Waals surface area contributed by atoms with Crippen LogP contribution in [0.3, 0.4) is 0 Å². The van der Waals surface area contributed by atoms with Gasteiger partial charge in [0.2, 0.25) is 0 Å². The second-order valence-electron chi connectivity index (χ2n) is 12.6. The van der Waals surface area contributed by atoms with E-state index in [1.54, 1.807) is 36.2 Å². The van der Waals surface area contributed by atoms with Crippen LogP contribution >= 0.6 is 0 Å². The highest BCUT2D eigenvalue weighted by molar-refractivity contribution is 6.00. The minimum absolute atomic E-state index is 0.00635. The van der Waals surface area contributed by atoms with Crippen molar-refractivity contribution >= 4 is 28.8 Å². The number of amides is 3. The van der Waals surface area contributed by atoms with Gasteiger partial charge in [0.1, 0.15) is 11.5 Å². The Bertz CT molecular complexity index is 1740. The van der Waals surface area contributed by atoms with E-state index in [4.69, 9.17) is 0 Å². The lowest BCUT2D eigenvalue weighted by Crippen LogP contribution is -2.52. The molecule has 44 heavy (non-hydrogen) atoms. The fourth-order valence-corrected chi connectivity index (χ4v) is 7.12. The highest BCUT2D eigenvalue weighted by Gasteiger charge is 2.32. The van der Waals surface area contributed by atoms with Crippen LogP contribution in [0.5, 0.6) is 0 Å². The molecular formula is C33H39FN8O2. The molecule has 0 spiro atoms. The fourth-order valence-electron chi connectivity index (χ4n) is 7.12. The number of aryl methyl sites for hydroxylation is 1. The SMILES string of the molecule is C[C@H]1CC[C@@H](Nc2n[nH]c3nccc(-c4ccc(CN5CCn6c(cc7c6CCCC7)C5=O)c(F)c4)c23)CN1C(=O)N(C)C. The van der Waals surface area contributed by atoms with Crippen LogP contribution in [0.4, 0.5) is 15.0 Å². The first-order valence-electron chi connectivity index (χ1n) is 15.7. The van der Waals surface area contributed by atoms with Gasteiger partial charge in [0, 0.05) is 69.8 Å². The quantitative estimate of drug-likeness (QED) is 0.335. The van der Waals surface area contributed by atoms with Crippen LogP contribution in [0.1, 0.15) is 59.9 Å². The number of rotatable bonds is 5. The summed E-state index contributed by atoms with van der Waals surface area (Å²) in [6, 6.07) is 9.31. The van der Waals surface area contributed by atoms with Crippen LogP contribution in [-0.2, 0) is 25.9 Å². The third kappa shape index (κ3) is 4.97. The van der Waals surface area contributed by atoms with Crippen LogP contribution in [-0.4, -0.2) is 85.7 Å². The van der Waals surface area contributed by atoms with Crippen LogP contribution in [0.2, 0.25) is 0 Å². The number of hydrogen-bond acceptors (Lipinski definition) is 5. The maximum absolute atomic E-state index is 15.7. The van der Waals surface area contributed by atoms with E-state index in [9.17, 15) is 9.59 Å². The number of nitrogens with one attached hydrogen (secondary N) is 2. The second-order valence-corrected chi connectivity index (χ2v) is 12.6. The molecule has 2 N–H and O–H groups in total. The molecule has 1 saturated heterocycles.